The van der Waals surface area contributed by atoms with E-state index in [1.54, 1.807) is 0 Å². The molecule has 0 aliphatic heterocycles. The van der Waals surface area contributed by atoms with Crippen molar-refractivity contribution >= 4 is 10.0 Å². The number of benzene rings is 2. The Morgan fingerprint density at radius 2 is 2.00 bits per heavy atom. The molecule has 21 heavy (non-hydrogen) atoms. The highest BCUT2D eigenvalue weighted by molar-refractivity contribution is 7.89. The molecule has 1 aliphatic carbocycles. The summed E-state index contributed by atoms with van der Waals surface area (Å²) in [5.74, 6) is -0.358. The number of hydrogen-bond donors (Lipinski definition) is 1. The molecule has 6 heteroatoms. The molecule has 2 aromatic rings. The Bertz CT molecular complexity index is 789. The fraction of sp³-hybridized carbons (Fsp3) is 0.200. The van der Waals surface area contributed by atoms with Gasteiger partial charge in [0.25, 0.3) is 0 Å². The Kier molecular flexibility index (Phi) is 3.43. The van der Waals surface area contributed by atoms with Crippen molar-refractivity contribution in [2.45, 2.75) is 17.2 Å². The molecule has 1 aliphatic rings. The molecule has 0 saturated heterocycles. The predicted molar refractivity (Wildman–Crippen MR) is 76.2 cm³/mol. The molecule has 0 heterocycles. The summed E-state index contributed by atoms with van der Waals surface area (Å²) in [5, 5.41) is 5.08. The van der Waals surface area contributed by atoms with E-state index in [2.05, 4.69) is 6.07 Å². The zero-order chi connectivity index (χ0) is 15.0. The zero-order valence-electron chi connectivity index (χ0n) is 11.1. The second-order valence-electron chi connectivity index (χ2n) is 5.05. The maximum Gasteiger partial charge on any atom is 0.241 e. The number of sulfonamides is 1. The molecule has 0 saturated carbocycles. The lowest BCUT2D eigenvalue weighted by Crippen LogP contribution is -2.24. The SMILES string of the molecule is NS(=O)(=O)c1cc(F)ccc1OCC1Cc2ccccc21. The molecule has 0 amide bonds. The van der Waals surface area contributed by atoms with Gasteiger partial charge >= 0.3 is 0 Å². The minimum atomic E-state index is -4.02. The average Bonchev–Trinajstić information content (AvgIpc) is 2.40. The van der Waals surface area contributed by atoms with Gasteiger partial charge in [-0.1, -0.05) is 24.3 Å². The number of halogens is 1. The van der Waals surface area contributed by atoms with Crippen LogP contribution in [0.25, 0.3) is 0 Å². The number of nitrogens with two attached hydrogens (primary N) is 1. The van der Waals surface area contributed by atoms with E-state index in [4.69, 9.17) is 9.88 Å². The predicted octanol–water partition coefficient (Wildman–Crippen LogP) is 2.19. The molecule has 2 aromatic carbocycles. The first-order chi connectivity index (χ1) is 9.95. The summed E-state index contributed by atoms with van der Waals surface area (Å²) in [6.45, 7) is 0.338. The van der Waals surface area contributed by atoms with Gasteiger partial charge in [-0.05, 0) is 35.7 Å². The number of fused-ring (bicyclic) bond motifs is 1. The van der Waals surface area contributed by atoms with Crippen LogP contribution in [0, 0.1) is 5.82 Å². The van der Waals surface area contributed by atoms with Crippen molar-refractivity contribution in [3.8, 4) is 5.75 Å². The highest BCUT2D eigenvalue weighted by atomic mass is 32.2. The molecule has 1 unspecified atom stereocenters. The van der Waals surface area contributed by atoms with Gasteiger partial charge in [-0.25, -0.2) is 17.9 Å². The van der Waals surface area contributed by atoms with E-state index in [0.717, 1.165) is 18.6 Å². The van der Waals surface area contributed by atoms with Crippen molar-refractivity contribution in [3.63, 3.8) is 0 Å². The maximum absolute atomic E-state index is 13.2. The van der Waals surface area contributed by atoms with Crippen LogP contribution in [0.3, 0.4) is 0 Å². The van der Waals surface area contributed by atoms with Gasteiger partial charge in [0.2, 0.25) is 10.0 Å². The third-order valence-electron chi connectivity index (χ3n) is 3.61. The summed E-state index contributed by atoms with van der Waals surface area (Å²) in [4.78, 5) is -0.324. The standard InChI is InChI=1S/C15H14FNO3S/c16-12-5-6-14(15(8-12)21(17,18)19)20-9-11-7-10-3-1-2-4-13(10)11/h1-6,8,11H,7,9H2,(H2,17,18,19). The molecule has 0 aromatic heterocycles. The topological polar surface area (TPSA) is 69.4 Å². The average molecular weight is 307 g/mol. The van der Waals surface area contributed by atoms with Crippen molar-refractivity contribution < 1.29 is 17.5 Å². The normalized spacial score (nSPS) is 17.0. The number of ether oxygens (including phenoxy) is 1. The van der Waals surface area contributed by atoms with Crippen LogP contribution in [-0.4, -0.2) is 15.0 Å². The Morgan fingerprint density at radius 3 is 2.71 bits per heavy atom. The summed E-state index contributed by atoms with van der Waals surface area (Å²) in [6.07, 6.45) is 0.891. The fourth-order valence-corrected chi connectivity index (χ4v) is 3.21. The highest BCUT2D eigenvalue weighted by Gasteiger charge is 2.26. The third-order valence-corrected chi connectivity index (χ3v) is 4.55. The van der Waals surface area contributed by atoms with E-state index in [-0.39, 0.29) is 16.6 Å². The van der Waals surface area contributed by atoms with Gasteiger partial charge in [0.05, 0.1) is 6.61 Å². The second kappa shape index (κ2) is 5.13. The third kappa shape index (κ3) is 2.77. The Morgan fingerprint density at radius 1 is 1.24 bits per heavy atom. The van der Waals surface area contributed by atoms with E-state index < -0.39 is 15.8 Å². The van der Waals surface area contributed by atoms with Crippen molar-refractivity contribution in [1.82, 2.24) is 0 Å². The first-order valence-corrected chi connectivity index (χ1v) is 8.03. The van der Waals surface area contributed by atoms with Crippen LogP contribution in [-0.2, 0) is 16.4 Å². The van der Waals surface area contributed by atoms with E-state index in [9.17, 15) is 12.8 Å². The molecule has 110 valence electrons. The number of primary sulfonamides is 1. The van der Waals surface area contributed by atoms with Crippen LogP contribution < -0.4 is 9.88 Å². The fourth-order valence-electron chi connectivity index (χ4n) is 2.53. The molecular weight excluding hydrogens is 293 g/mol. The van der Waals surface area contributed by atoms with Gasteiger partial charge in [0, 0.05) is 5.92 Å². The molecule has 0 bridgehead atoms. The Hall–Kier alpha value is -1.92. The van der Waals surface area contributed by atoms with Crippen LogP contribution in [0.5, 0.6) is 5.75 Å². The first-order valence-electron chi connectivity index (χ1n) is 6.48. The van der Waals surface area contributed by atoms with Crippen LogP contribution in [0.15, 0.2) is 47.4 Å². The molecule has 1 atom stereocenters. The quantitative estimate of drug-likeness (QED) is 0.941. The molecule has 2 N–H and O–H groups in total. The van der Waals surface area contributed by atoms with Gasteiger partial charge in [-0.2, -0.15) is 0 Å². The molecule has 0 spiro atoms. The van der Waals surface area contributed by atoms with Gasteiger partial charge in [-0.15, -0.1) is 0 Å². The Labute approximate surface area is 122 Å². The van der Waals surface area contributed by atoms with Crippen LogP contribution >= 0.6 is 0 Å². The zero-order valence-corrected chi connectivity index (χ0v) is 11.9. The summed E-state index contributed by atoms with van der Waals surface area (Å²) >= 11 is 0. The molecular formula is C15H14FNO3S. The van der Waals surface area contributed by atoms with Crippen molar-refractivity contribution in [2.24, 2.45) is 5.14 Å². The lowest BCUT2D eigenvalue weighted by molar-refractivity contribution is 0.268. The van der Waals surface area contributed by atoms with Gasteiger partial charge in [0.15, 0.2) is 0 Å². The second-order valence-corrected chi connectivity index (χ2v) is 6.58. The lowest BCUT2D eigenvalue weighted by Gasteiger charge is -2.30. The Balaban J connectivity index is 1.78. The monoisotopic (exact) mass is 307 g/mol. The largest absolute Gasteiger partial charge is 0.492 e. The van der Waals surface area contributed by atoms with Crippen molar-refractivity contribution in [3.05, 3.63) is 59.4 Å². The number of hydrogen-bond acceptors (Lipinski definition) is 3. The summed E-state index contributed by atoms with van der Waals surface area (Å²) in [7, 11) is -4.02. The lowest BCUT2D eigenvalue weighted by atomic mass is 9.78. The highest BCUT2D eigenvalue weighted by Crippen LogP contribution is 2.35. The van der Waals surface area contributed by atoms with Crippen LogP contribution in [0.1, 0.15) is 17.0 Å². The molecule has 0 fully saturated rings. The van der Waals surface area contributed by atoms with E-state index in [1.807, 2.05) is 18.2 Å². The molecule has 3 rings (SSSR count). The van der Waals surface area contributed by atoms with Crippen molar-refractivity contribution in [1.29, 1.82) is 0 Å². The minimum Gasteiger partial charge on any atom is -0.492 e. The van der Waals surface area contributed by atoms with Crippen molar-refractivity contribution in [2.75, 3.05) is 6.61 Å². The smallest absolute Gasteiger partial charge is 0.241 e. The summed E-state index contributed by atoms with van der Waals surface area (Å²) in [6, 6.07) is 11.3. The summed E-state index contributed by atoms with van der Waals surface area (Å²) in [5.41, 5.74) is 2.48. The minimum absolute atomic E-state index is 0.0864. The molecule has 0 radical (unpaired) electrons. The van der Waals surface area contributed by atoms with Gasteiger partial charge < -0.3 is 4.74 Å². The van der Waals surface area contributed by atoms with Crippen LogP contribution in [0.4, 0.5) is 4.39 Å². The summed E-state index contributed by atoms with van der Waals surface area (Å²) < 4.78 is 41.7. The van der Waals surface area contributed by atoms with Crippen LogP contribution in [0.2, 0.25) is 0 Å². The van der Waals surface area contributed by atoms with Gasteiger partial charge in [-0.3, -0.25) is 0 Å². The van der Waals surface area contributed by atoms with E-state index >= 15 is 0 Å². The van der Waals surface area contributed by atoms with E-state index in [0.29, 0.717) is 6.61 Å². The number of rotatable bonds is 4. The molecule has 4 nitrogen and oxygen atoms in total. The maximum atomic E-state index is 13.2. The van der Waals surface area contributed by atoms with Gasteiger partial charge in [0.1, 0.15) is 16.5 Å². The van der Waals surface area contributed by atoms with E-state index in [1.165, 1.54) is 17.2 Å². The first kappa shape index (κ1) is 14.0.